The fourth-order valence-electron chi connectivity index (χ4n) is 2.64. The van der Waals surface area contributed by atoms with Gasteiger partial charge in [0.2, 0.25) is 0 Å². The molecule has 2 nitrogen and oxygen atoms in total. The van der Waals surface area contributed by atoms with Crippen LogP contribution < -0.4 is 13.3 Å². The summed E-state index contributed by atoms with van der Waals surface area (Å²) in [5, 5.41) is 0. The van der Waals surface area contributed by atoms with Gasteiger partial charge < -0.3 is 4.74 Å². The van der Waals surface area contributed by atoms with Crippen molar-refractivity contribution in [3.8, 4) is 11.1 Å². The molecular formula is C18H20I3O2-. The number of benzene rings is 2. The normalized spacial score (nSPS) is 11.3. The minimum atomic E-state index is -0.225. The molecule has 0 N–H and O–H groups in total. The van der Waals surface area contributed by atoms with Crippen LogP contribution in [-0.2, 0) is 9.53 Å². The van der Waals surface area contributed by atoms with Crippen molar-refractivity contribution < 1.29 is 22.8 Å². The molecule has 1 aliphatic rings. The Morgan fingerprint density at radius 3 is 1.78 bits per heavy atom. The van der Waals surface area contributed by atoms with Gasteiger partial charge >= 0.3 is 56.5 Å². The molecule has 0 bridgehead atoms. The molecule has 126 valence electrons. The van der Waals surface area contributed by atoms with Gasteiger partial charge in [-0.2, -0.15) is 0 Å². The first kappa shape index (κ1) is 21.1. The number of carbonyl (C=O) groups is 1. The van der Waals surface area contributed by atoms with E-state index in [4.69, 9.17) is 4.74 Å². The second-order valence-corrected chi connectivity index (χ2v) is 20.8. The quantitative estimate of drug-likeness (QED) is 0.370. The van der Waals surface area contributed by atoms with Crippen LogP contribution in [0.25, 0.3) is 11.1 Å². The molecule has 0 aromatic heterocycles. The van der Waals surface area contributed by atoms with E-state index in [2.05, 4.69) is 61.5 Å². The third-order valence-corrected chi connectivity index (χ3v) is 3.42. The number of halogens is 3. The Kier molecular flexibility index (Phi) is 10.7. The van der Waals surface area contributed by atoms with Gasteiger partial charge in [0, 0.05) is 12.8 Å². The topological polar surface area (TPSA) is 26.3 Å². The van der Waals surface area contributed by atoms with Crippen molar-refractivity contribution in [1.29, 1.82) is 0 Å². The van der Waals surface area contributed by atoms with Crippen LogP contribution in [-0.4, -0.2) is 12.6 Å². The summed E-state index contributed by atoms with van der Waals surface area (Å²) in [6, 6.07) is 16.6. The van der Waals surface area contributed by atoms with Crippen molar-refractivity contribution in [2.45, 2.75) is 26.7 Å². The maximum absolute atomic E-state index is 11.0. The molecular weight excluding hydrogens is 629 g/mol. The predicted octanol–water partition coefficient (Wildman–Crippen LogP) is 3.16. The van der Waals surface area contributed by atoms with E-state index < -0.39 is 0 Å². The van der Waals surface area contributed by atoms with Crippen LogP contribution >= 0.6 is 37.2 Å². The Morgan fingerprint density at radius 2 is 1.39 bits per heavy atom. The summed E-state index contributed by atoms with van der Waals surface area (Å²) in [5.41, 5.74) is 5.01. The van der Waals surface area contributed by atoms with Crippen molar-refractivity contribution in [3.63, 3.8) is 0 Å². The molecule has 0 atom stereocenters. The molecule has 0 unspecified atom stereocenters. The van der Waals surface area contributed by atoms with Crippen molar-refractivity contribution in [2.24, 2.45) is 0 Å². The van der Waals surface area contributed by atoms with Gasteiger partial charge in [0.1, 0.15) is 6.61 Å². The fourth-order valence-corrected chi connectivity index (χ4v) is 2.64. The van der Waals surface area contributed by atoms with Crippen LogP contribution in [0.4, 0.5) is 0 Å². The molecule has 2 aromatic rings. The molecule has 0 spiro atoms. The summed E-state index contributed by atoms with van der Waals surface area (Å²) in [6.07, 6.45) is 0. The van der Waals surface area contributed by atoms with Gasteiger partial charge in [0.15, 0.2) is 0 Å². The second-order valence-electron chi connectivity index (χ2n) is 4.58. The fraction of sp³-hybridized carbons (Fsp3) is 0.278. The van der Waals surface area contributed by atoms with Crippen LogP contribution in [0.5, 0.6) is 0 Å². The molecule has 5 heteroatoms. The van der Waals surface area contributed by atoms with Crippen LogP contribution in [0.3, 0.4) is 0 Å². The second kappa shape index (κ2) is 11.6. The Balaban J connectivity index is 0.000000477. The summed E-state index contributed by atoms with van der Waals surface area (Å²) in [5.74, 6) is -0.0573. The summed E-state index contributed by atoms with van der Waals surface area (Å²) >= 11 is 5.30. The van der Waals surface area contributed by atoms with Crippen molar-refractivity contribution in [1.82, 2.24) is 0 Å². The van der Waals surface area contributed by atoms with Crippen molar-refractivity contribution >= 4 is 43.2 Å². The van der Waals surface area contributed by atoms with Crippen LogP contribution in [0.2, 0.25) is 0 Å². The number of esters is 1. The number of ether oxygens (including phenoxy) is 1. The molecule has 0 heterocycles. The van der Waals surface area contributed by atoms with E-state index in [9.17, 15) is 4.79 Å². The number of rotatable bonds is 2. The number of fused-ring (bicyclic) bond motifs is 3. The third-order valence-electron chi connectivity index (χ3n) is 3.42. The summed E-state index contributed by atoms with van der Waals surface area (Å²) < 4.78 is 5.20. The molecule has 0 radical (unpaired) electrons. The first-order valence-electron chi connectivity index (χ1n) is 7.37. The predicted molar refractivity (Wildman–Crippen MR) is 110 cm³/mol. The summed E-state index contributed by atoms with van der Waals surface area (Å²) in [6.45, 7) is 5.87. The number of hydrogen-bond donors (Lipinski definition) is 0. The zero-order valence-corrected chi connectivity index (χ0v) is 19.8. The first-order valence-corrected chi connectivity index (χ1v) is 19.9. The van der Waals surface area contributed by atoms with Gasteiger partial charge in [-0.05, 0) is 22.3 Å². The molecule has 2 aromatic carbocycles. The molecule has 3 rings (SSSR count). The molecule has 0 amide bonds. The number of carbonyl (C=O) groups excluding carboxylic acids is 1. The Morgan fingerprint density at radius 1 is 1.00 bits per heavy atom. The molecule has 0 saturated heterocycles. The molecule has 0 aliphatic heterocycles. The van der Waals surface area contributed by atoms with Crippen LogP contribution in [0.15, 0.2) is 48.5 Å². The van der Waals surface area contributed by atoms with Crippen LogP contribution in [0, 0.1) is 0 Å². The summed E-state index contributed by atoms with van der Waals surface area (Å²) in [7, 11) is 0. The average molecular weight is 649 g/mol. The van der Waals surface area contributed by atoms with Crippen LogP contribution in [0.1, 0.15) is 37.8 Å². The van der Waals surface area contributed by atoms with Crippen molar-refractivity contribution in [3.05, 3.63) is 59.7 Å². The molecule has 0 fully saturated rings. The molecule has 23 heavy (non-hydrogen) atoms. The molecule has 1 aliphatic carbocycles. The maximum atomic E-state index is 11.0. The minimum absolute atomic E-state index is 0.168. The first-order chi connectivity index (χ1) is 11.2. The van der Waals surface area contributed by atoms with E-state index in [1.165, 1.54) is 29.2 Å². The van der Waals surface area contributed by atoms with Gasteiger partial charge in [0.25, 0.3) is 0 Å². The Labute approximate surface area is 168 Å². The van der Waals surface area contributed by atoms with E-state index in [0.717, 1.165) is 0 Å². The van der Waals surface area contributed by atoms with E-state index >= 15 is 0 Å². The van der Waals surface area contributed by atoms with E-state index in [1.54, 1.807) is 0 Å². The van der Waals surface area contributed by atoms with Gasteiger partial charge in [0.05, 0.1) is 0 Å². The van der Waals surface area contributed by atoms with Gasteiger partial charge in [-0.1, -0.05) is 62.4 Å². The van der Waals surface area contributed by atoms with Gasteiger partial charge in [-0.3, -0.25) is 4.79 Å². The van der Waals surface area contributed by atoms with Gasteiger partial charge in [-0.15, -0.1) is 0 Å². The van der Waals surface area contributed by atoms with E-state index in [1.807, 2.05) is 38.1 Å². The van der Waals surface area contributed by atoms with Crippen molar-refractivity contribution in [2.75, 3.05) is 6.61 Å². The average Bonchev–Trinajstić information content (AvgIpc) is 2.90. The van der Waals surface area contributed by atoms with E-state index in [-0.39, 0.29) is 11.9 Å². The monoisotopic (exact) mass is 649 g/mol. The summed E-state index contributed by atoms with van der Waals surface area (Å²) in [4.78, 5) is 11.0. The Bertz CT molecular complexity index is 584. The zero-order chi connectivity index (χ0) is 17.2. The van der Waals surface area contributed by atoms with Gasteiger partial charge in [-0.25, -0.2) is 0 Å². The zero-order valence-electron chi connectivity index (χ0n) is 13.4. The SMILES string of the molecule is CC.CC(=O)OCC1c2ccccc2-c2ccccc21.I[I-]I. The third kappa shape index (κ3) is 5.84. The Hall–Kier alpha value is 0.100. The standard InChI is InChI=1S/C16H14O2.C2H6.I3/c1-11(17)18-10-16-14-8-4-2-6-12(14)13-7-3-5-9-15(13)16;1-2;1-3-2/h2-9,16H,10H2,1H3;1-2H3;/q;;-1. The molecule has 0 saturated carbocycles. The number of hydrogen-bond acceptors (Lipinski definition) is 2. The van der Waals surface area contributed by atoms with E-state index in [0.29, 0.717) is 19.9 Å².